The third-order valence-corrected chi connectivity index (χ3v) is 6.30. The molecular formula is C22H27N3O2. The van der Waals surface area contributed by atoms with Crippen molar-refractivity contribution in [2.75, 3.05) is 14.2 Å². The van der Waals surface area contributed by atoms with Crippen LogP contribution in [0.2, 0.25) is 0 Å². The first kappa shape index (κ1) is 17.1. The lowest BCUT2D eigenvalue weighted by molar-refractivity contribution is 0.163. The second-order valence-electron chi connectivity index (χ2n) is 8.11. The van der Waals surface area contributed by atoms with Crippen LogP contribution < -0.4 is 4.74 Å². The lowest BCUT2D eigenvalue weighted by Crippen LogP contribution is -2.37. The fraction of sp³-hybridized carbons (Fsp3) is 0.545. The van der Waals surface area contributed by atoms with Crippen molar-refractivity contribution in [2.45, 2.75) is 63.3 Å². The first-order valence-electron chi connectivity index (χ1n) is 10.0. The topological polar surface area (TPSA) is 47.5 Å². The molecule has 0 N–H and O–H groups in total. The zero-order chi connectivity index (χ0) is 18.4. The van der Waals surface area contributed by atoms with E-state index >= 15 is 0 Å². The second kappa shape index (κ2) is 6.88. The maximum absolute atomic E-state index is 5.64. The minimum atomic E-state index is 0.433. The number of ether oxygens (including phenoxy) is 2. The molecule has 1 aliphatic carbocycles. The average Bonchev–Trinajstić information content (AvgIpc) is 3.49. The Balaban J connectivity index is 1.43. The molecule has 3 aliphatic rings. The van der Waals surface area contributed by atoms with Crippen molar-refractivity contribution in [3.05, 3.63) is 52.6 Å². The molecule has 1 saturated carbocycles. The Bertz CT molecular complexity index is 849. The Hall–Kier alpha value is -1.98. The highest BCUT2D eigenvalue weighted by Gasteiger charge is 2.41. The van der Waals surface area contributed by atoms with Gasteiger partial charge in [0.15, 0.2) is 0 Å². The van der Waals surface area contributed by atoms with Crippen LogP contribution in [0.15, 0.2) is 24.4 Å². The van der Waals surface area contributed by atoms with E-state index in [1.54, 1.807) is 14.2 Å². The molecule has 27 heavy (non-hydrogen) atoms. The summed E-state index contributed by atoms with van der Waals surface area (Å²) in [5.41, 5.74) is 5.08. The number of benzene rings is 1. The van der Waals surface area contributed by atoms with E-state index in [1.807, 2.05) is 0 Å². The van der Waals surface area contributed by atoms with Gasteiger partial charge in [-0.25, -0.2) is 9.97 Å². The molecule has 0 radical (unpaired) electrons. The van der Waals surface area contributed by atoms with Gasteiger partial charge in [-0.1, -0.05) is 6.07 Å². The van der Waals surface area contributed by atoms with Crippen LogP contribution in [-0.4, -0.2) is 35.1 Å². The molecule has 1 aromatic carbocycles. The third kappa shape index (κ3) is 3.13. The van der Waals surface area contributed by atoms with Gasteiger partial charge in [-0.2, -0.15) is 0 Å². The molecule has 2 fully saturated rings. The quantitative estimate of drug-likeness (QED) is 0.780. The Morgan fingerprint density at radius 2 is 2.04 bits per heavy atom. The normalized spacial score (nSPS) is 24.1. The van der Waals surface area contributed by atoms with Crippen molar-refractivity contribution < 1.29 is 9.47 Å². The van der Waals surface area contributed by atoms with Gasteiger partial charge in [0.2, 0.25) is 0 Å². The van der Waals surface area contributed by atoms with Crippen LogP contribution >= 0.6 is 0 Å². The summed E-state index contributed by atoms with van der Waals surface area (Å²) in [6.45, 7) is 1.53. The van der Waals surface area contributed by atoms with E-state index in [4.69, 9.17) is 19.4 Å². The first-order chi connectivity index (χ1) is 13.3. The molecule has 0 spiro atoms. The zero-order valence-corrected chi connectivity index (χ0v) is 16.1. The molecule has 0 amide bonds. The van der Waals surface area contributed by atoms with Crippen LogP contribution in [0.5, 0.6) is 5.75 Å². The SMILES string of the molecule is COCc1ccc(OC)c(CN2C3CCC2c2cnc(C4CC4)nc2C3)c1. The van der Waals surface area contributed by atoms with Crippen molar-refractivity contribution in [3.8, 4) is 5.75 Å². The molecule has 2 aromatic rings. The van der Waals surface area contributed by atoms with Gasteiger partial charge in [0.25, 0.3) is 0 Å². The minimum absolute atomic E-state index is 0.433. The molecule has 3 heterocycles. The molecule has 2 aliphatic heterocycles. The number of rotatable bonds is 6. The summed E-state index contributed by atoms with van der Waals surface area (Å²) in [4.78, 5) is 12.3. The van der Waals surface area contributed by atoms with E-state index in [2.05, 4.69) is 29.3 Å². The summed E-state index contributed by atoms with van der Waals surface area (Å²) in [7, 11) is 3.49. The van der Waals surface area contributed by atoms with E-state index in [1.165, 1.54) is 48.1 Å². The number of fused-ring (bicyclic) bond motifs is 4. The van der Waals surface area contributed by atoms with Gasteiger partial charge in [0.05, 0.1) is 19.4 Å². The van der Waals surface area contributed by atoms with E-state index < -0.39 is 0 Å². The van der Waals surface area contributed by atoms with Crippen molar-refractivity contribution in [1.29, 1.82) is 0 Å². The molecular weight excluding hydrogens is 338 g/mol. The summed E-state index contributed by atoms with van der Waals surface area (Å²) in [5, 5.41) is 0. The van der Waals surface area contributed by atoms with E-state index in [0.29, 0.717) is 24.6 Å². The Kier molecular flexibility index (Phi) is 4.37. The number of hydrogen-bond acceptors (Lipinski definition) is 5. The van der Waals surface area contributed by atoms with Crippen LogP contribution in [0.25, 0.3) is 0 Å². The summed E-state index contributed by atoms with van der Waals surface area (Å²) >= 11 is 0. The number of aromatic nitrogens is 2. The summed E-state index contributed by atoms with van der Waals surface area (Å²) in [5.74, 6) is 2.66. The largest absolute Gasteiger partial charge is 0.496 e. The first-order valence-corrected chi connectivity index (χ1v) is 10.0. The molecule has 2 unspecified atom stereocenters. The standard InChI is InChI=1S/C22H27N3O2/c1-26-13-14-3-8-21(27-2)16(9-14)12-25-17-6-7-20(25)18-11-23-22(15-4-5-15)24-19(18)10-17/h3,8-9,11,15,17,20H,4-7,10,12-13H2,1-2H3. The molecule has 142 valence electrons. The van der Waals surface area contributed by atoms with Crippen molar-refractivity contribution >= 4 is 0 Å². The van der Waals surface area contributed by atoms with E-state index in [0.717, 1.165) is 24.5 Å². The van der Waals surface area contributed by atoms with Crippen LogP contribution in [0.4, 0.5) is 0 Å². The van der Waals surface area contributed by atoms with Gasteiger partial charge in [0, 0.05) is 55.4 Å². The number of hydrogen-bond donors (Lipinski definition) is 0. The van der Waals surface area contributed by atoms with Crippen molar-refractivity contribution in [3.63, 3.8) is 0 Å². The van der Waals surface area contributed by atoms with Gasteiger partial charge in [-0.05, 0) is 43.4 Å². The molecule has 5 rings (SSSR count). The lowest BCUT2D eigenvalue weighted by atomic mass is 9.97. The molecule has 1 aromatic heterocycles. The summed E-state index contributed by atoms with van der Waals surface area (Å²) in [6.07, 6.45) is 8.12. The predicted octanol–water partition coefficient (Wildman–Crippen LogP) is 3.77. The maximum Gasteiger partial charge on any atom is 0.131 e. The van der Waals surface area contributed by atoms with Gasteiger partial charge < -0.3 is 9.47 Å². The lowest BCUT2D eigenvalue weighted by Gasteiger charge is -2.36. The van der Waals surface area contributed by atoms with E-state index in [9.17, 15) is 0 Å². The van der Waals surface area contributed by atoms with Gasteiger partial charge >= 0.3 is 0 Å². The highest BCUT2D eigenvalue weighted by atomic mass is 16.5. The summed E-state index contributed by atoms with van der Waals surface area (Å²) < 4.78 is 10.9. The Morgan fingerprint density at radius 1 is 1.15 bits per heavy atom. The Labute approximate surface area is 160 Å². The van der Waals surface area contributed by atoms with E-state index in [-0.39, 0.29) is 0 Å². The third-order valence-electron chi connectivity index (χ3n) is 6.30. The Morgan fingerprint density at radius 3 is 2.81 bits per heavy atom. The average molecular weight is 365 g/mol. The summed E-state index contributed by atoms with van der Waals surface area (Å²) in [6, 6.07) is 7.38. The highest BCUT2D eigenvalue weighted by Crippen LogP contribution is 2.45. The number of nitrogens with zero attached hydrogens (tertiary/aromatic N) is 3. The maximum atomic E-state index is 5.64. The van der Waals surface area contributed by atoms with Crippen LogP contribution in [0.1, 0.15) is 65.9 Å². The molecule has 2 atom stereocenters. The fourth-order valence-electron chi connectivity index (χ4n) is 4.78. The van der Waals surface area contributed by atoms with Crippen LogP contribution in [0.3, 0.4) is 0 Å². The predicted molar refractivity (Wildman–Crippen MR) is 103 cm³/mol. The molecule has 2 bridgehead atoms. The monoisotopic (exact) mass is 365 g/mol. The number of methoxy groups -OCH3 is 2. The van der Waals surface area contributed by atoms with Gasteiger partial charge in [-0.3, -0.25) is 4.90 Å². The van der Waals surface area contributed by atoms with Gasteiger partial charge in [-0.15, -0.1) is 0 Å². The smallest absolute Gasteiger partial charge is 0.131 e. The molecule has 1 saturated heterocycles. The van der Waals surface area contributed by atoms with Crippen LogP contribution in [-0.2, 0) is 24.3 Å². The molecule has 5 nitrogen and oxygen atoms in total. The van der Waals surface area contributed by atoms with Crippen LogP contribution in [0, 0.1) is 0 Å². The van der Waals surface area contributed by atoms with Crippen molar-refractivity contribution in [1.82, 2.24) is 14.9 Å². The minimum Gasteiger partial charge on any atom is -0.496 e. The highest BCUT2D eigenvalue weighted by molar-refractivity contribution is 5.38. The van der Waals surface area contributed by atoms with Crippen molar-refractivity contribution in [2.24, 2.45) is 0 Å². The fourth-order valence-corrected chi connectivity index (χ4v) is 4.78. The zero-order valence-electron chi connectivity index (χ0n) is 16.1. The van der Waals surface area contributed by atoms with Gasteiger partial charge in [0.1, 0.15) is 11.6 Å². The molecule has 5 heteroatoms. The second-order valence-corrected chi connectivity index (χ2v) is 8.11.